The summed E-state index contributed by atoms with van der Waals surface area (Å²) >= 11 is 0. The van der Waals surface area contributed by atoms with Crippen molar-refractivity contribution in [3.63, 3.8) is 0 Å². The van der Waals surface area contributed by atoms with Crippen LogP contribution in [0.1, 0.15) is 30.7 Å². The highest BCUT2D eigenvalue weighted by molar-refractivity contribution is 5.75. The summed E-state index contributed by atoms with van der Waals surface area (Å²) in [6.45, 7) is 12.2. The van der Waals surface area contributed by atoms with Crippen LogP contribution < -0.4 is 11.2 Å². The Morgan fingerprint density at radius 1 is 1.06 bits per heavy atom. The number of nitrogens with zero attached hydrogens (tertiary/aromatic N) is 6. The molecule has 0 saturated carbocycles. The van der Waals surface area contributed by atoms with Crippen molar-refractivity contribution in [2.24, 2.45) is 7.05 Å². The fourth-order valence-corrected chi connectivity index (χ4v) is 4.25. The fraction of sp³-hybridized carbons (Fsp3) is 0.435. The summed E-state index contributed by atoms with van der Waals surface area (Å²) < 4.78 is 6.73. The largest absolute Gasteiger partial charge is 0.332 e. The molecule has 0 unspecified atom stereocenters. The summed E-state index contributed by atoms with van der Waals surface area (Å²) in [7, 11) is 1.68. The lowest BCUT2D eigenvalue weighted by Gasteiger charge is -2.18. The molecule has 0 saturated heterocycles. The third kappa shape index (κ3) is 3.61. The monoisotopic (exact) mass is 422 g/mol. The number of imidazole rings is 2. The molecule has 0 radical (unpaired) electrons. The lowest BCUT2D eigenvalue weighted by molar-refractivity contribution is 0.291. The van der Waals surface area contributed by atoms with E-state index in [1.165, 1.54) is 9.13 Å². The van der Waals surface area contributed by atoms with Gasteiger partial charge < -0.3 is 9.47 Å². The molecule has 0 bridgehead atoms. The Morgan fingerprint density at radius 2 is 1.81 bits per heavy atom. The normalized spacial score (nSPS) is 11.9. The Labute approximate surface area is 181 Å². The highest BCUT2D eigenvalue weighted by Gasteiger charge is 2.20. The molecule has 1 aromatic carbocycles. The maximum Gasteiger partial charge on any atom is 0.332 e. The molecule has 4 rings (SSSR count). The zero-order valence-electron chi connectivity index (χ0n) is 18.9. The van der Waals surface area contributed by atoms with Gasteiger partial charge in [-0.05, 0) is 32.5 Å². The van der Waals surface area contributed by atoms with Crippen molar-refractivity contribution in [3.8, 4) is 0 Å². The van der Waals surface area contributed by atoms with Gasteiger partial charge in [-0.15, -0.1) is 0 Å². The van der Waals surface area contributed by atoms with Gasteiger partial charge >= 0.3 is 5.69 Å². The van der Waals surface area contributed by atoms with Crippen LogP contribution in [-0.4, -0.2) is 47.6 Å². The molecule has 164 valence electrons. The second-order valence-electron chi connectivity index (χ2n) is 8.12. The van der Waals surface area contributed by atoms with Crippen LogP contribution >= 0.6 is 0 Å². The average Bonchev–Trinajstić information content (AvgIpc) is 3.26. The van der Waals surface area contributed by atoms with Gasteiger partial charge in [0, 0.05) is 32.0 Å². The molecule has 0 atom stereocenters. The van der Waals surface area contributed by atoms with E-state index in [4.69, 9.17) is 4.98 Å². The summed E-state index contributed by atoms with van der Waals surface area (Å²) in [5.41, 5.74) is 3.24. The number of likely N-dealkylation sites (N-methyl/N-ethyl adjacent to an activating group) is 1. The molecule has 3 heterocycles. The Morgan fingerprint density at radius 3 is 2.48 bits per heavy atom. The van der Waals surface area contributed by atoms with E-state index in [0.29, 0.717) is 16.9 Å². The Balaban J connectivity index is 1.86. The van der Waals surface area contributed by atoms with Gasteiger partial charge in [0.2, 0.25) is 5.78 Å². The second kappa shape index (κ2) is 8.19. The number of hydrogen-bond acceptors (Lipinski definition) is 4. The van der Waals surface area contributed by atoms with Gasteiger partial charge in [0.15, 0.2) is 11.2 Å². The minimum absolute atomic E-state index is 0.234. The zero-order chi connectivity index (χ0) is 22.3. The van der Waals surface area contributed by atoms with Crippen LogP contribution in [0.2, 0.25) is 0 Å². The molecular weight excluding hydrogens is 392 g/mol. The van der Waals surface area contributed by atoms with Crippen molar-refractivity contribution in [1.82, 2.24) is 28.0 Å². The van der Waals surface area contributed by atoms with Gasteiger partial charge in [-0.3, -0.25) is 18.3 Å². The molecule has 3 aromatic heterocycles. The van der Waals surface area contributed by atoms with Crippen LogP contribution in [0, 0.1) is 13.8 Å². The van der Waals surface area contributed by atoms with Crippen LogP contribution in [-0.2, 0) is 20.1 Å². The number of fused-ring (bicyclic) bond motifs is 3. The van der Waals surface area contributed by atoms with E-state index in [1.54, 1.807) is 7.05 Å². The SMILES string of the molecule is CCN(CC)CCn1c(C)cn2c3c(=O)n(Cc4cccc(C)c4)c(=O)n(C)c3nc12. The number of aromatic nitrogens is 5. The van der Waals surface area contributed by atoms with Crippen molar-refractivity contribution in [2.45, 2.75) is 40.8 Å². The molecule has 8 heteroatoms. The molecule has 0 amide bonds. The van der Waals surface area contributed by atoms with Gasteiger partial charge in [-0.25, -0.2) is 4.79 Å². The van der Waals surface area contributed by atoms with Crippen molar-refractivity contribution >= 4 is 16.9 Å². The van der Waals surface area contributed by atoms with E-state index < -0.39 is 0 Å². The number of hydrogen-bond donors (Lipinski definition) is 0. The minimum Gasteiger partial charge on any atom is -0.313 e. The number of aryl methyl sites for hydroxylation is 3. The Kier molecular flexibility index (Phi) is 5.58. The van der Waals surface area contributed by atoms with Crippen molar-refractivity contribution in [2.75, 3.05) is 19.6 Å². The fourth-order valence-electron chi connectivity index (χ4n) is 4.25. The first kappa shape index (κ1) is 21.1. The van der Waals surface area contributed by atoms with E-state index in [2.05, 4.69) is 23.3 Å². The maximum absolute atomic E-state index is 13.4. The van der Waals surface area contributed by atoms with Crippen molar-refractivity contribution in [1.29, 1.82) is 0 Å². The van der Waals surface area contributed by atoms with Crippen molar-refractivity contribution in [3.05, 3.63) is 68.1 Å². The standard InChI is InChI=1S/C23H30N6O2/c1-6-26(7-2)11-12-27-17(4)14-28-19-20(24-22(27)28)25(5)23(31)29(21(19)30)15-18-10-8-9-16(3)13-18/h8-10,13-14H,6-7,11-12,15H2,1-5H3. The minimum atomic E-state index is -0.355. The molecule has 0 aliphatic heterocycles. The molecule has 4 aromatic rings. The highest BCUT2D eigenvalue weighted by atomic mass is 16.2. The summed E-state index contributed by atoms with van der Waals surface area (Å²) in [6.07, 6.45) is 1.94. The van der Waals surface area contributed by atoms with Crippen LogP contribution in [0.5, 0.6) is 0 Å². The molecule has 0 fully saturated rings. The topological polar surface area (TPSA) is 69.5 Å². The van der Waals surface area contributed by atoms with Gasteiger partial charge in [0.1, 0.15) is 0 Å². The number of rotatable bonds is 7. The van der Waals surface area contributed by atoms with Crippen LogP contribution in [0.4, 0.5) is 0 Å². The lowest BCUT2D eigenvalue weighted by Crippen LogP contribution is -2.39. The average molecular weight is 423 g/mol. The quantitative estimate of drug-likeness (QED) is 0.458. The molecule has 0 aliphatic rings. The summed E-state index contributed by atoms with van der Waals surface area (Å²) in [6, 6.07) is 7.87. The summed E-state index contributed by atoms with van der Waals surface area (Å²) in [5, 5.41) is 0. The Hall–Kier alpha value is -3.13. The van der Waals surface area contributed by atoms with Crippen LogP contribution in [0.3, 0.4) is 0 Å². The lowest BCUT2D eigenvalue weighted by atomic mass is 10.1. The van der Waals surface area contributed by atoms with Gasteiger partial charge in [-0.2, -0.15) is 4.98 Å². The van der Waals surface area contributed by atoms with E-state index in [-0.39, 0.29) is 17.8 Å². The molecule has 0 aliphatic carbocycles. The molecule has 31 heavy (non-hydrogen) atoms. The van der Waals surface area contributed by atoms with Crippen LogP contribution in [0.15, 0.2) is 40.1 Å². The van der Waals surface area contributed by atoms with Crippen molar-refractivity contribution < 1.29 is 0 Å². The zero-order valence-corrected chi connectivity index (χ0v) is 18.9. The third-order valence-corrected chi connectivity index (χ3v) is 6.10. The first-order chi connectivity index (χ1) is 14.8. The summed E-state index contributed by atoms with van der Waals surface area (Å²) in [5.74, 6) is 0.695. The molecule has 0 N–H and O–H groups in total. The molecule has 0 spiro atoms. The van der Waals surface area contributed by atoms with Gasteiger partial charge in [-0.1, -0.05) is 43.7 Å². The highest BCUT2D eigenvalue weighted by Crippen LogP contribution is 2.16. The molecule has 8 nitrogen and oxygen atoms in total. The van der Waals surface area contributed by atoms with Gasteiger partial charge in [0.25, 0.3) is 5.56 Å². The smallest absolute Gasteiger partial charge is 0.313 e. The Bertz CT molecular complexity index is 1370. The summed E-state index contributed by atoms with van der Waals surface area (Å²) in [4.78, 5) is 33.5. The first-order valence-electron chi connectivity index (χ1n) is 10.8. The predicted octanol–water partition coefficient (Wildman–Crippen LogP) is 2.16. The molecular formula is C23H30N6O2. The van der Waals surface area contributed by atoms with E-state index in [1.807, 2.05) is 48.7 Å². The number of benzene rings is 1. The van der Waals surface area contributed by atoms with E-state index in [9.17, 15) is 9.59 Å². The maximum atomic E-state index is 13.4. The van der Waals surface area contributed by atoms with E-state index >= 15 is 0 Å². The van der Waals surface area contributed by atoms with Gasteiger partial charge in [0.05, 0.1) is 6.54 Å². The first-order valence-corrected chi connectivity index (χ1v) is 10.8. The third-order valence-electron chi connectivity index (χ3n) is 6.10. The van der Waals surface area contributed by atoms with E-state index in [0.717, 1.165) is 43.0 Å². The van der Waals surface area contributed by atoms with Crippen LogP contribution in [0.25, 0.3) is 16.9 Å². The second-order valence-corrected chi connectivity index (χ2v) is 8.12. The predicted molar refractivity (Wildman–Crippen MR) is 123 cm³/mol.